The molecule has 0 saturated heterocycles. The molecule has 0 atom stereocenters. The molecule has 0 saturated carbocycles. The largest absolute Gasteiger partial charge is 0.338 e. The Morgan fingerprint density at radius 1 is 1.09 bits per heavy atom. The van der Waals surface area contributed by atoms with E-state index in [-0.39, 0.29) is 11.8 Å². The molecule has 0 aliphatic heterocycles. The van der Waals surface area contributed by atoms with E-state index in [1.807, 2.05) is 24.3 Å². The van der Waals surface area contributed by atoms with Gasteiger partial charge in [-0.05, 0) is 37.1 Å². The van der Waals surface area contributed by atoms with Crippen molar-refractivity contribution in [2.75, 3.05) is 11.9 Å². The SMILES string of the molecule is CC(=O)c1cccc(NC(=O)NCCc2ccccc2Br)c1. The van der Waals surface area contributed by atoms with Crippen molar-refractivity contribution >= 4 is 33.4 Å². The molecule has 2 aromatic carbocycles. The van der Waals surface area contributed by atoms with E-state index in [4.69, 9.17) is 0 Å². The summed E-state index contributed by atoms with van der Waals surface area (Å²) in [6.07, 6.45) is 0.738. The Balaban J connectivity index is 1.84. The number of rotatable bonds is 5. The summed E-state index contributed by atoms with van der Waals surface area (Å²) in [4.78, 5) is 23.2. The minimum Gasteiger partial charge on any atom is -0.338 e. The normalized spacial score (nSPS) is 10.1. The van der Waals surface area contributed by atoms with Gasteiger partial charge in [-0.15, -0.1) is 0 Å². The molecule has 2 aromatic rings. The van der Waals surface area contributed by atoms with E-state index in [0.29, 0.717) is 17.8 Å². The Labute approximate surface area is 138 Å². The van der Waals surface area contributed by atoms with Crippen LogP contribution in [0, 0.1) is 0 Å². The van der Waals surface area contributed by atoms with Crippen LogP contribution in [0.1, 0.15) is 22.8 Å². The van der Waals surface area contributed by atoms with Gasteiger partial charge in [0.2, 0.25) is 0 Å². The molecule has 5 heteroatoms. The number of benzene rings is 2. The van der Waals surface area contributed by atoms with E-state index in [1.165, 1.54) is 6.92 Å². The first-order chi connectivity index (χ1) is 10.6. The van der Waals surface area contributed by atoms with Crippen molar-refractivity contribution in [2.45, 2.75) is 13.3 Å². The van der Waals surface area contributed by atoms with Crippen molar-refractivity contribution in [2.24, 2.45) is 0 Å². The highest BCUT2D eigenvalue weighted by Gasteiger charge is 2.05. The van der Waals surface area contributed by atoms with E-state index in [1.54, 1.807) is 24.3 Å². The third kappa shape index (κ3) is 4.70. The van der Waals surface area contributed by atoms with Gasteiger partial charge in [0.15, 0.2) is 5.78 Å². The second-order valence-electron chi connectivity index (χ2n) is 4.86. The Morgan fingerprint density at radius 2 is 1.86 bits per heavy atom. The number of carbonyl (C=O) groups excluding carboxylic acids is 2. The Bertz CT molecular complexity index is 686. The fraction of sp³-hybridized carbons (Fsp3) is 0.176. The minimum atomic E-state index is -0.284. The van der Waals surface area contributed by atoms with E-state index in [9.17, 15) is 9.59 Å². The van der Waals surface area contributed by atoms with Crippen molar-refractivity contribution in [3.63, 3.8) is 0 Å². The highest BCUT2D eigenvalue weighted by molar-refractivity contribution is 9.10. The van der Waals surface area contributed by atoms with Crippen LogP contribution in [-0.4, -0.2) is 18.4 Å². The van der Waals surface area contributed by atoms with Crippen LogP contribution in [0.15, 0.2) is 53.0 Å². The van der Waals surface area contributed by atoms with Crippen LogP contribution in [0.25, 0.3) is 0 Å². The first-order valence-corrected chi connectivity index (χ1v) is 7.75. The number of anilines is 1. The predicted molar refractivity (Wildman–Crippen MR) is 91.3 cm³/mol. The van der Waals surface area contributed by atoms with E-state index < -0.39 is 0 Å². The van der Waals surface area contributed by atoms with Gasteiger partial charge in [-0.2, -0.15) is 0 Å². The number of urea groups is 1. The monoisotopic (exact) mass is 360 g/mol. The molecular weight excluding hydrogens is 344 g/mol. The molecule has 0 spiro atoms. The van der Waals surface area contributed by atoms with Gasteiger partial charge in [0.1, 0.15) is 0 Å². The van der Waals surface area contributed by atoms with Crippen molar-refractivity contribution < 1.29 is 9.59 Å². The van der Waals surface area contributed by atoms with Crippen LogP contribution in [0.5, 0.6) is 0 Å². The quantitative estimate of drug-likeness (QED) is 0.791. The fourth-order valence-corrected chi connectivity index (χ4v) is 2.49. The fourth-order valence-electron chi connectivity index (χ4n) is 2.00. The summed E-state index contributed by atoms with van der Waals surface area (Å²) in [6, 6.07) is 14.5. The maximum absolute atomic E-state index is 11.8. The summed E-state index contributed by atoms with van der Waals surface area (Å²) in [6.45, 7) is 2.03. The van der Waals surface area contributed by atoms with Gasteiger partial charge in [-0.1, -0.05) is 46.3 Å². The average Bonchev–Trinajstić information content (AvgIpc) is 2.49. The molecule has 2 amide bonds. The van der Waals surface area contributed by atoms with Gasteiger partial charge in [0, 0.05) is 22.3 Å². The van der Waals surface area contributed by atoms with Gasteiger partial charge in [-0.3, -0.25) is 4.79 Å². The number of halogens is 1. The lowest BCUT2D eigenvalue weighted by Gasteiger charge is -2.09. The topological polar surface area (TPSA) is 58.2 Å². The first kappa shape index (κ1) is 16.2. The Kier molecular flexibility index (Phi) is 5.72. The molecular formula is C17H17BrN2O2. The third-order valence-corrected chi connectivity index (χ3v) is 3.94. The number of carbonyl (C=O) groups is 2. The van der Waals surface area contributed by atoms with Crippen molar-refractivity contribution in [1.29, 1.82) is 0 Å². The van der Waals surface area contributed by atoms with Crippen molar-refractivity contribution in [3.05, 3.63) is 64.1 Å². The van der Waals surface area contributed by atoms with E-state index >= 15 is 0 Å². The lowest BCUT2D eigenvalue weighted by atomic mass is 10.1. The minimum absolute atomic E-state index is 0.0296. The smallest absolute Gasteiger partial charge is 0.319 e. The van der Waals surface area contributed by atoms with Gasteiger partial charge < -0.3 is 10.6 Å². The summed E-state index contributed by atoms with van der Waals surface area (Å²) >= 11 is 3.48. The number of hydrogen-bond acceptors (Lipinski definition) is 2. The number of Topliss-reactive ketones (excluding diaryl/α,β-unsaturated/α-hetero) is 1. The van der Waals surface area contributed by atoms with Gasteiger partial charge in [-0.25, -0.2) is 4.79 Å². The van der Waals surface area contributed by atoms with Crippen LogP contribution >= 0.6 is 15.9 Å². The predicted octanol–water partition coefficient (Wildman–Crippen LogP) is 4.02. The van der Waals surface area contributed by atoms with Gasteiger partial charge >= 0.3 is 6.03 Å². The standard InChI is InChI=1S/C17H17BrN2O2/c1-12(21)14-6-4-7-15(11-14)20-17(22)19-10-9-13-5-2-3-8-16(13)18/h2-8,11H,9-10H2,1H3,(H2,19,20,22). The summed E-state index contributed by atoms with van der Waals surface area (Å²) in [7, 11) is 0. The maximum atomic E-state index is 11.8. The molecule has 22 heavy (non-hydrogen) atoms. The second kappa shape index (κ2) is 7.75. The molecule has 0 bridgehead atoms. The van der Waals surface area contributed by atoms with Crippen molar-refractivity contribution in [3.8, 4) is 0 Å². The van der Waals surface area contributed by atoms with Crippen LogP contribution in [0.3, 0.4) is 0 Å². The highest BCUT2D eigenvalue weighted by atomic mass is 79.9. The lowest BCUT2D eigenvalue weighted by Crippen LogP contribution is -2.30. The number of ketones is 1. The number of nitrogens with one attached hydrogen (secondary N) is 2. The van der Waals surface area contributed by atoms with E-state index in [0.717, 1.165) is 16.5 Å². The second-order valence-corrected chi connectivity index (χ2v) is 5.71. The zero-order chi connectivity index (χ0) is 15.9. The van der Waals surface area contributed by atoms with Crippen molar-refractivity contribution in [1.82, 2.24) is 5.32 Å². The number of amides is 2. The van der Waals surface area contributed by atoms with E-state index in [2.05, 4.69) is 26.6 Å². The summed E-state index contributed by atoms with van der Waals surface area (Å²) in [5.41, 5.74) is 2.32. The summed E-state index contributed by atoms with van der Waals surface area (Å²) in [5.74, 6) is -0.0296. The van der Waals surface area contributed by atoms with Crippen LogP contribution in [0.2, 0.25) is 0 Å². The molecule has 0 fully saturated rings. The molecule has 0 aliphatic rings. The third-order valence-electron chi connectivity index (χ3n) is 3.16. The van der Waals surface area contributed by atoms with Crippen LogP contribution < -0.4 is 10.6 Å². The van der Waals surface area contributed by atoms with Crippen LogP contribution in [0.4, 0.5) is 10.5 Å². The zero-order valence-corrected chi connectivity index (χ0v) is 13.8. The molecule has 0 radical (unpaired) electrons. The molecule has 4 nitrogen and oxygen atoms in total. The number of hydrogen-bond donors (Lipinski definition) is 2. The summed E-state index contributed by atoms with van der Waals surface area (Å²) < 4.78 is 1.03. The first-order valence-electron chi connectivity index (χ1n) is 6.95. The van der Waals surface area contributed by atoms with Gasteiger partial charge in [0.05, 0.1) is 0 Å². The Hall–Kier alpha value is -2.14. The van der Waals surface area contributed by atoms with Gasteiger partial charge in [0.25, 0.3) is 0 Å². The summed E-state index contributed by atoms with van der Waals surface area (Å²) in [5, 5.41) is 5.52. The molecule has 0 unspecified atom stereocenters. The molecule has 0 heterocycles. The highest BCUT2D eigenvalue weighted by Crippen LogP contribution is 2.16. The van der Waals surface area contributed by atoms with Crippen LogP contribution in [-0.2, 0) is 6.42 Å². The Morgan fingerprint density at radius 3 is 2.59 bits per heavy atom. The lowest BCUT2D eigenvalue weighted by molar-refractivity contribution is 0.101. The average molecular weight is 361 g/mol. The maximum Gasteiger partial charge on any atom is 0.319 e. The molecule has 2 rings (SSSR count). The zero-order valence-electron chi connectivity index (χ0n) is 12.2. The molecule has 0 aliphatic carbocycles. The molecule has 0 aromatic heterocycles. The molecule has 2 N–H and O–H groups in total. The molecule has 114 valence electrons.